The highest BCUT2D eigenvalue weighted by atomic mass is 31.1. The number of fused-ring (bicyclic) bond motifs is 2. The van der Waals surface area contributed by atoms with Crippen molar-refractivity contribution in [3.8, 4) is 23.0 Å². The van der Waals surface area contributed by atoms with Gasteiger partial charge < -0.3 is 14.2 Å². The molecule has 6 aromatic rings. The van der Waals surface area contributed by atoms with E-state index >= 15 is 0 Å². The van der Waals surface area contributed by atoms with Crippen molar-refractivity contribution in [3.63, 3.8) is 0 Å². The number of rotatable bonds is 8. The SMILES string of the molecule is COc1ccccc1P(c1ccccc1)c1cc(C(C)(C)C)cc2c1Oc1c(P(c3ccccc3)c3ccccc3OC)cc(C(C)(C)C)cc1C2(C)C. The van der Waals surface area contributed by atoms with Crippen LogP contribution in [-0.2, 0) is 16.2 Å². The highest BCUT2D eigenvalue weighted by Gasteiger charge is 2.42. The van der Waals surface area contributed by atoms with Gasteiger partial charge in [0, 0.05) is 37.8 Å². The standard InChI is InChI=1S/C49H52O3P2/c1-47(2,3)33-29-37-45(43(31-33)53(35-21-13-11-14-22-35)41-27-19-17-25-39(41)50-9)52-46-38(49(37,7)8)30-34(48(4,5)6)32-44(46)54(36-23-15-12-16-24-36)42-28-20-18-26-40(42)51-10/h11-32H,1-10H3. The Bertz CT molecular complexity index is 2120. The average molecular weight is 751 g/mol. The Labute approximate surface area is 325 Å². The Morgan fingerprint density at radius 1 is 0.463 bits per heavy atom. The molecule has 0 saturated carbocycles. The van der Waals surface area contributed by atoms with Gasteiger partial charge in [0.05, 0.1) is 14.2 Å². The van der Waals surface area contributed by atoms with Crippen molar-refractivity contribution in [2.24, 2.45) is 0 Å². The normalized spacial score (nSPS) is 14.6. The zero-order chi connectivity index (χ0) is 38.4. The zero-order valence-electron chi connectivity index (χ0n) is 33.3. The van der Waals surface area contributed by atoms with Gasteiger partial charge in [0.2, 0.25) is 0 Å². The minimum absolute atomic E-state index is 0.0947. The molecule has 1 aliphatic rings. The summed E-state index contributed by atoms with van der Waals surface area (Å²) in [7, 11) is 1.37. The molecule has 0 amide bonds. The monoisotopic (exact) mass is 750 g/mol. The maximum absolute atomic E-state index is 7.66. The fourth-order valence-electron chi connectivity index (χ4n) is 7.41. The van der Waals surface area contributed by atoms with Crippen LogP contribution >= 0.6 is 15.8 Å². The molecule has 0 radical (unpaired) electrons. The molecule has 2 unspecified atom stereocenters. The van der Waals surface area contributed by atoms with Crippen LogP contribution in [-0.4, -0.2) is 14.2 Å². The number of hydrogen-bond acceptors (Lipinski definition) is 3. The fraction of sp³-hybridized carbons (Fsp3) is 0.265. The summed E-state index contributed by atoms with van der Waals surface area (Å²) in [6.07, 6.45) is 0. The van der Waals surface area contributed by atoms with E-state index < -0.39 is 15.8 Å². The average Bonchev–Trinajstić information content (AvgIpc) is 3.16. The molecule has 1 heterocycles. The largest absolute Gasteiger partial charge is 0.496 e. The summed E-state index contributed by atoms with van der Waals surface area (Å²) in [6, 6.07) is 48.5. The van der Waals surface area contributed by atoms with E-state index in [1.807, 2.05) is 0 Å². The van der Waals surface area contributed by atoms with Gasteiger partial charge in [0.1, 0.15) is 23.0 Å². The third-order valence-corrected chi connectivity index (χ3v) is 15.5. The maximum Gasteiger partial charge on any atom is 0.139 e. The molecule has 0 bridgehead atoms. The molecule has 2 atom stereocenters. The molecule has 0 N–H and O–H groups in total. The van der Waals surface area contributed by atoms with Crippen LogP contribution in [0.25, 0.3) is 0 Å². The van der Waals surface area contributed by atoms with Crippen LogP contribution in [0.2, 0.25) is 0 Å². The number of hydrogen-bond donors (Lipinski definition) is 0. The predicted octanol–water partition coefficient (Wildman–Crippen LogP) is 10.2. The van der Waals surface area contributed by atoms with Crippen LogP contribution in [0.3, 0.4) is 0 Å². The van der Waals surface area contributed by atoms with E-state index in [2.05, 4.69) is 189 Å². The van der Waals surface area contributed by atoms with Crippen molar-refractivity contribution < 1.29 is 14.2 Å². The zero-order valence-corrected chi connectivity index (χ0v) is 35.1. The van der Waals surface area contributed by atoms with Crippen molar-refractivity contribution in [1.82, 2.24) is 0 Å². The Morgan fingerprint density at radius 3 is 1.17 bits per heavy atom. The summed E-state index contributed by atoms with van der Waals surface area (Å²) >= 11 is 0. The second-order valence-electron chi connectivity index (χ2n) is 16.7. The van der Waals surface area contributed by atoms with Gasteiger partial charge in [-0.2, -0.15) is 0 Å². The van der Waals surface area contributed by atoms with Gasteiger partial charge in [-0.1, -0.05) is 165 Å². The lowest BCUT2D eigenvalue weighted by Crippen LogP contribution is -2.35. The van der Waals surface area contributed by atoms with Crippen LogP contribution in [0.15, 0.2) is 133 Å². The minimum Gasteiger partial charge on any atom is -0.496 e. The lowest BCUT2D eigenvalue weighted by molar-refractivity contribution is 0.418. The first-order valence-electron chi connectivity index (χ1n) is 18.8. The van der Waals surface area contributed by atoms with Crippen LogP contribution in [0, 0.1) is 0 Å². The number of methoxy groups -OCH3 is 2. The first-order chi connectivity index (χ1) is 25.7. The molecule has 6 aromatic carbocycles. The van der Waals surface area contributed by atoms with Crippen LogP contribution < -0.4 is 46.0 Å². The lowest BCUT2D eigenvalue weighted by Gasteiger charge is -2.41. The number of ether oxygens (including phenoxy) is 3. The molecule has 7 rings (SSSR count). The third-order valence-electron chi connectivity index (χ3n) is 10.6. The molecule has 5 heteroatoms. The van der Waals surface area contributed by atoms with E-state index in [1.54, 1.807) is 14.2 Å². The van der Waals surface area contributed by atoms with Crippen LogP contribution in [0.4, 0.5) is 0 Å². The van der Waals surface area contributed by atoms with E-state index in [-0.39, 0.29) is 16.2 Å². The highest BCUT2D eigenvalue weighted by molar-refractivity contribution is 7.80. The molecular weight excluding hydrogens is 698 g/mol. The third kappa shape index (κ3) is 6.98. The Hall–Kier alpha value is -4.42. The van der Waals surface area contributed by atoms with Crippen LogP contribution in [0.1, 0.15) is 77.6 Å². The molecular formula is C49H52O3P2. The second-order valence-corrected chi connectivity index (χ2v) is 21.0. The quantitative estimate of drug-likeness (QED) is 0.145. The van der Waals surface area contributed by atoms with Gasteiger partial charge in [-0.15, -0.1) is 0 Å². The molecule has 54 heavy (non-hydrogen) atoms. The fourth-order valence-corrected chi connectivity index (χ4v) is 12.5. The highest BCUT2D eigenvalue weighted by Crippen LogP contribution is 2.54. The summed E-state index contributed by atoms with van der Waals surface area (Å²) in [5, 5.41) is 7.25. The molecule has 0 fully saturated rings. The molecule has 0 spiro atoms. The van der Waals surface area contributed by atoms with Crippen molar-refractivity contribution in [1.29, 1.82) is 0 Å². The topological polar surface area (TPSA) is 27.7 Å². The summed E-state index contributed by atoms with van der Waals surface area (Å²) in [5.41, 5.74) is 4.45. The first-order valence-corrected chi connectivity index (χ1v) is 21.4. The molecule has 0 aromatic heterocycles. The Morgan fingerprint density at radius 2 is 0.815 bits per heavy atom. The van der Waals surface area contributed by atoms with Gasteiger partial charge in [-0.3, -0.25) is 0 Å². The minimum atomic E-state index is -1.09. The van der Waals surface area contributed by atoms with Gasteiger partial charge in [-0.05, 0) is 72.7 Å². The van der Waals surface area contributed by atoms with E-state index in [9.17, 15) is 0 Å². The Kier molecular flexibility index (Phi) is 10.3. The summed E-state index contributed by atoms with van der Waals surface area (Å²) in [6.45, 7) is 18.7. The summed E-state index contributed by atoms with van der Waals surface area (Å²) in [5.74, 6) is 3.68. The van der Waals surface area contributed by atoms with E-state index in [0.29, 0.717) is 0 Å². The smallest absolute Gasteiger partial charge is 0.139 e. The molecule has 0 saturated heterocycles. The van der Waals surface area contributed by atoms with E-state index in [0.717, 1.165) is 23.0 Å². The van der Waals surface area contributed by atoms with Crippen molar-refractivity contribution in [3.05, 3.63) is 156 Å². The van der Waals surface area contributed by atoms with Crippen molar-refractivity contribution in [2.75, 3.05) is 14.2 Å². The van der Waals surface area contributed by atoms with Gasteiger partial charge >= 0.3 is 0 Å². The Balaban J connectivity index is 1.59. The van der Waals surface area contributed by atoms with Gasteiger partial charge in [0.15, 0.2) is 0 Å². The lowest BCUT2D eigenvalue weighted by atomic mass is 9.72. The summed E-state index contributed by atoms with van der Waals surface area (Å²) in [4.78, 5) is 0. The van der Waals surface area contributed by atoms with Gasteiger partial charge in [-0.25, -0.2) is 0 Å². The maximum atomic E-state index is 7.66. The molecule has 1 aliphatic heterocycles. The molecule has 3 nitrogen and oxygen atoms in total. The predicted molar refractivity (Wildman–Crippen MR) is 233 cm³/mol. The summed E-state index contributed by atoms with van der Waals surface area (Å²) < 4.78 is 19.8. The van der Waals surface area contributed by atoms with E-state index in [4.69, 9.17) is 14.2 Å². The number of benzene rings is 6. The van der Waals surface area contributed by atoms with Crippen molar-refractivity contribution >= 4 is 47.7 Å². The number of para-hydroxylation sites is 2. The van der Waals surface area contributed by atoms with Gasteiger partial charge in [0.25, 0.3) is 0 Å². The molecule has 0 aliphatic carbocycles. The molecule has 276 valence electrons. The first kappa shape index (κ1) is 37.9. The second kappa shape index (κ2) is 14.7. The van der Waals surface area contributed by atoms with Crippen molar-refractivity contribution in [2.45, 2.75) is 71.6 Å². The van der Waals surface area contributed by atoms with Crippen LogP contribution in [0.5, 0.6) is 23.0 Å². The van der Waals surface area contributed by atoms with E-state index in [1.165, 1.54) is 54.1 Å².